The second-order valence-corrected chi connectivity index (χ2v) is 13.9. The van der Waals surface area contributed by atoms with Gasteiger partial charge in [-0.2, -0.15) is 0 Å². The van der Waals surface area contributed by atoms with Crippen LogP contribution in [0.3, 0.4) is 0 Å². The minimum Gasteiger partial charge on any atom is -0.387 e. The third-order valence-electron chi connectivity index (χ3n) is 8.16. The number of nitrogens with zero attached hydrogens (tertiary/aromatic N) is 8. The van der Waals surface area contributed by atoms with Crippen molar-refractivity contribution < 1.29 is 56.0 Å². The highest BCUT2D eigenvalue weighted by atomic mass is 31.2. The summed E-state index contributed by atoms with van der Waals surface area (Å²) in [5, 5.41) is 11.2. The lowest BCUT2D eigenvalue weighted by Gasteiger charge is -2.26. The molecular weight excluding hydrogens is 689 g/mol. The summed E-state index contributed by atoms with van der Waals surface area (Å²) in [4.78, 5) is 56.7. The number of fused-ring (bicyclic) bond motifs is 7. The molecule has 3 fully saturated rings. The predicted molar refractivity (Wildman–Crippen MR) is 153 cm³/mol. The Morgan fingerprint density at radius 3 is 2.50 bits per heavy atom. The standard InChI is InChI=1S/C23H25FN10O12P2/c24-11-15-10(44-21(11)33-7-29-12-17(25)27-6-28-18(12)33)5-42-48(39,40)46-16-14(35)9(1-4-41-47(37,38)45-15)43-22(16)34-8-30-13-19(36)31-23-26-2-3-32(23)20(13)34/h2-3,6-11,14-16,21-22,35H,1,4-5H2,(H,37,38)(H,39,40)(H2,25,27,28)(H,26,31,36)/t9-,10-,11-,14-,15-,16-,21-,22-/m1/s1. The van der Waals surface area contributed by atoms with Crippen molar-refractivity contribution in [3.8, 4) is 0 Å². The molecule has 8 rings (SSSR count). The number of hydrogen-bond acceptors (Lipinski definition) is 16. The van der Waals surface area contributed by atoms with Gasteiger partial charge in [0.15, 0.2) is 41.3 Å². The van der Waals surface area contributed by atoms with E-state index in [2.05, 4.69) is 29.9 Å². The zero-order valence-corrected chi connectivity index (χ0v) is 25.9. The molecule has 0 aromatic carbocycles. The highest BCUT2D eigenvalue weighted by Crippen LogP contribution is 2.53. The predicted octanol–water partition coefficient (Wildman–Crippen LogP) is -0.304. The van der Waals surface area contributed by atoms with Crippen LogP contribution in [0, 0.1) is 0 Å². The van der Waals surface area contributed by atoms with E-state index in [1.165, 1.54) is 27.7 Å². The lowest BCUT2D eigenvalue weighted by molar-refractivity contribution is -0.0561. The Kier molecular flexibility index (Phi) is 7.50. The summed E-state index contributed by atoms with van der Waals surface area (Å²) in [7, 11) is -10.2. The van der Waals surface area contributed by atoms with Crippen LogP contribution >= 0.6 is 15.6 Å². The van der Waals surface area contributed by atoms with Crippen LogP contribution in [-0.4, -0.2) is 108 Å². The van der Waals surface area contributed by atoms with Crippen LogP contribution < -0.4 is 11.3 Å². The molecule has 0 saturated carbocycles. The molecule has 48 heavy (non-hydrogen) atoms. The van der Waals surface area contributed by atoms with Crippen molar-refractivity contribution in [2.75, 3.05) is 18.9 Å². The minimum absolute atomic E-state index is 0.000642. The summed E-state index contributed by atoms with van der Waals surface area (Å²) in [5.74, 6) is 0.152. The second kappa shape index (κ2) is 11.4. The van der Waals surface area contributed by atoms with Gasteiger partial charge in [0, 0.05) is 18.8 Å². The first-order valence-electron chi connectivity index (χ1n) is 14.2. The van der Waals surface area contributed by atoms with Crippen LogP contribution in [0.2, 0.25) is 0 Å². The number of H-pyrrole nitrogens is 1. The van der Waals surface area contributed by atoms with Crippen molar-refractivity contribution >= 4 is 49.6 Å². The first-order valence-corrected chi connectivity index (χ1v) is 17.2. The third-order valence-corrected chi connectivity index (χ3v) is 10.2. The molecule has 3 aliphatic rings. The summed E-state index contributed by atoms with van der Waals surface area (Å²) in [6.07, 6.45) is -6.97. The van der Waals surface area contributed by atoms with Gasteiger partial charge in [-0.1, -0.05) is 0 Å². The van der Waals surface area contributed by atoms with Gasteiger partial charge in [-0.15, -0.1) is 0 Å². The number of nitrogens with one attached hydrogen (secondary N) is 1. The van der Waals surface area contributed by atoms with Crippen molar-refractivity contribution in [3.05, 3.63) is 41.7 Å². The van der Waals surface area contributed by atoms with Gasteiger partial charge in [0.1, 0.15) is 36.3 Å². The van der Waals surface area contributed by atoms with E-state index in [0.29, 0.717) is 0 Å². The number of imidazole rings is 3. The third kappa shape index (κ3) is 5.24. The second-order valence-electron chi connectivity index (χ2n) is 11.0. The van der Waals surface area contributed by atoms with Crippen molar-refractivity contribution in [2.24, 2.45) is 0 Å². The number of halogens is 1. The maximum Gasteiger partial charge on any atom is 0.472 e. The van der Waals surface area contributed by atoms with Crippen LogP contribution in [0.15, 0.2) is 36.2 Å². The van der Waals surface area contributed by atoms with Gasteiger partial charge >= 0.3 is 15.6 Å². The monoisotopic (exact) mass is 714 g/mol. The first-order chi connectivity index (χ1) is 22.9. The SMILES string of the molecule is Nc1ncnc2c1ncn2[C@@H]1O[C@@H]2COP(=O)(O)O[C@@H]3[C@H](O)[C@@H](CCOP(=O)(O)O[C@H]2[C@H]1F)O[C@H]3n1cnc2c(=O)[nH]c3nccn3c21. The topological polar surface area (TPSA) is 288 Å². The van der Waals surface area contributed by atoms with Gasteiger partial charge < -0.3 is 30.1 Å². The molecule has 6 N–H and O–H groups in total. The van der Waals surface area contributed by atoms with E-state index < -0.39 is 83.6 Å². The Morgan fingerprint density at radius 2 is 1.67 bits per heavy atom. The number of ether oxygens (including phenoxy) is 2. The van der Waals surface area contributed by atoms with E-state index in [9.17, 15) is 28.8 Å². The molecule has 256 valence electrons. The Labute approximate surface area is 265 Å². The van der Waals surface area contributed by atoms with E-state index in [4.69, 9.17) is 33.3 Å². The van der Waals surface area contributed by atoms with E-state index in [0.717, 1.165) is 17.2 Å². The molecule has 25 heteroatoms. The number of aromatic nitrogens is 9. The molecule has 0 radical (unpaired) electrons. The fraction of sp³-hybridized carbons (Fsp3) is 0.478. The van der Waals surface area contributed by atoms with Crippen molar-refractivity contribution in [1.29, 1.82) is 0 Å². The highest BCUT2D eigenvalue weighted by Gasteiger charge is 2.53. The largest absolute Gasteiger partial charge is 0.472 e. The molecule has 3 aliphatic heterocycles. The average molecular weight is 714 g/mol. The van der Waals surface area contributed by atoms with Crippen LogP contribution in [0.4, 0.5) is 10.2 Å². The number of phosphoric ester groups is 2. The molecule has 5 aromatic rings. The van der Waals surface area contributed by atoms with Gasteiger partial charge in [-0.3, -0.25) is 41.4 Å². The Bertz CT molecular complexity index is 2190. The molecule has 3 saturated heterocycles. The number of aliphatic hydroxyl groups excluding tert-OH is 1. The van der Waals surface area contributed by atoms with Crippen molar-refractivity contribution in [2.45, 2.75) is 55.6 Å². The number of phosphoric acid groups is 2. The average Bonchev–Trinajstić information content (AvgIpc) is 3.85. The molecule has 22 nitrogen and oxygen atoms in total. The molecule has 0 spiro atoms. The van der Waals surface area contributed by atoms with Gasteiger partial charge in [-0.25, -0.2) is 38.4 Å². The Hall–Kier alpha value is -3.73. The van der Waals surface area contributed by atoms with Crippen molar-refractivity contribution in [3.63, 3.8) is 0 Å². The molecule has 8 heterocycles. The molecule has 2 unspecified atom stereocenters. The highest BCUT2D eigenvalue weighted by molar-refractivity contribution is 7.47. The van der Waals surface area contributed by atoms with Crippen LogP contribution in [0.1, 0.15) is 18.9 Å². The van der Waals surface area contributed by atoms with Gasteiger partial charge in [-0.05, 0) is 0 Å². The maximum atomic E-state index is 16.0. The van der Waals surface area contributed by atoms with E-state index in [-0.39, 0.29) is 40.3 Å². The zero-order chi connectivity index (χ0) is 33.5. The number of nitrogens with two attached hydrogens (primary N) is 1. The summed E-state index contributed by atoms with van der Waals surface area (Å²) in [6, 6.07) is 0. The van der Waals surface area contributed by atoms with Gasteiger partial charge in [0.25, 0.3) is 5.56 Å². The minimum atomic E-state index is -5.16. The molecule has 5 aromatic heterocycles. The Balaban J connectivity index is 1.13. The van der Waals surface area contributed by atoms with Gasteiger partial charge in [0.2, 0.25) is 5.78 Å². The van der Waals surface area contributed by atoms with Crippen molar-refractivity contribution in [1.82, 2.24) is 43.4 Å². The number of aromatic amines is 1. The van der Waals surface area contributed by atoms with Crippen LogP contribution in [0.5, 0.6) is 0 Å². The zero-order valence-electron chi connectivity index (χ0n) is 24.1. The lowest BCUT2D eigenvalue weighted by atomic mass is 10.1. The molecule has 2 bridgehead atoms. The Morgan fingerprint density at radius 1 is 0.938 bits per heavy atom. The number of rotatable bonds is 2. The van der Waals surface area contributed by atoms with Crippen LogP contribution in [0.25, 0.3) is 28.1 Å². The van der Waals surface area contributed by atoms with E-state index in [1.807, 2.05) is 0 Å². The maximum absolute atomic E-state index is 16.0. The summed E-state index contributed by atoms with van der Waals surface area (Å²) >= 11 is 0. The molecular formula is C23H25FN10O12P2. The fourth-order valence-electron chi connectivity index (χ4n) is 6.02. The van der Waals surface area contributed by atoms with E-state index in [1.54, 1.807) is 0 Å². The lowest BCUT2D eigenvalue weighted by Crippen LogP contribution is -2.36. The fourth-order valence-corrected chi connectivity index (χ4v) is 7.91. The number of aliphatic hydroxyl groups is 1. The summed E-state index contributed by atoms with van der Waals surface area (Å²) < 4.78 is 78.9. The van der Waals surface area contributed by atoms with E-state index >= 15 is 4.39 Å². The van der Waals surface area contributed by atoms with Gasteiger partial charge in [0.05, 0.1) is 32.0 Å². The first kappa shape index (κ1) is 31.5. The normalized spacial score (nSPS) is 36.5. The molecule has 0 aliphatic carbocycles. The quantitative estimate of drug-likeness (QED) is 0.147. The summed E-state index contributed by atoms with van der Waals surface area (Å²) in [6.45, 7) is -1.46. The smallest absolute Gasteiger partial charge is 0.387 e. The summed E-state index contributed by atoms with van der Waals surface area (Å²) in [5.41, 5.74) is 5.54. The van der Waals surface area contributed by atoms with Crippen LogP contribution in [-0.2, 0) is 36.7 Å². The number of alkyl halides is 1. The number of hydrogen-bond donors (Lipinski definition) is 5. The molecule has 10 atom stereocenters. The molecule has 0 amide bonds. The number of anilines is 1. The number of nitrogen functional groups attached to an aromatic ring is 1.